The molecule has 0 aliphatic carbocycles. The quantitative estimate of drug-likeness (QED) is 0.734. The highest BCUT2D eigenvalue weighted by Crippen LogP contribution is 2.22. The molecule has 2 heterocycles. The number of nitrogens with zero attached hydrogens (tertiary/aromatic N) is 2. The van der Waals surface area contributed by atoms with Crippen LogP contribution in [0.4, 0.5) is 0 Å². The highest BCUT2D eigenvalue weighted by Gasteiger charge is 2.21. The van der Waals surface area contributed by atoms with Crippen molar-refractivity contribution >= 4 is 5.91 Å². The molecule has 2 N–H and O–H groups in total. The molecule has 0 spiro atoms. The minimum Gasteiger partial charge on any atom is -0.340 e. The van der Waals surface area contributed by atoms with Crippen LogP contribution in [-0.4, -0.2) is 28.8 Å². The maximum absolute atomic E-state index is 12.9. The minimum absolute atomic E-state index is 0.157. The first-order chi connectivity index (χ1) is 13.3. The van der Waals surface area contributed by atoms with Crippen LogP contribution in [-0.2, 0) is 0 Å². The lowest BCUT2D eigenvalue weighted by molar-refractivity contribution is 0.0936. The molecule has 1 fully saturated rings. The van der Waals surface area contributed by atoms with Crippen molar-refractivity contribution in [2.24, 2.45) is 0 Å². The van der Waals surface area contributed by atoms with Gasteiger partial charge in [-0.2, -0.15) is 5.10 Å². The fraction of sp³-hybridized carbons (Fsp3) is 0.273. The molecule has 1 aliphatic heterocycles. The van der Waals surface area contributed by atoms with E-state index in [1.807, 2.05) is 71.5 Å². The molecule has 1 atom stereocenters. The number of benzene rings is 2. The van der Waals surface area contributed by atoms with Crippen LogP contribution >= 0.6 is 0 Å². The molecule has 3 aromatic rings. The normalized spacial score (nSPS) is 17.0. The second kappa shape index (κ2) is 8.18. The van der Waals surface area contributed by atoms with Crippen molar-refractivity contribution in [1.29, 1.82) is 0 Å². The van der Waals surface area contributed by atoms with Gasteiger partial charge in [0.25, 0.3) is 5.91 Å². The standard InChI is InChI=1S/C22H24N4O/c27-22(20-13-15-26(25-20)19-12-7-14-23-16-19)24-21(17-8-3-1-4-9-17)18-10-5-2-6-11-18/h1-6,8-11,13,15,19,21,23H,7,12,14,16H2,(H,24,27). The van der Waals surface area contributed by atoms with Crippen LogP contribution in [0.15, 0.2) is 72.9 Å². The van der Waals surface area contributed by atoms with Crippen LogP contribution in [0.1, 0.15) is 46.5 Å². The molecule has 27 heavy (non-hydrogen) atoms. The second-order valence-corrected chi connectivity index (χ2v) is 6.91. The van der Waals surface area contributed by atoms with Gasteiger partial charge >= 0.3 is 0 Å². The molecule has 0 saturated carbocycles. The van der Waals surface area contributed by atoms with E-state index in [0.717, 1.165) is 37.1 Å². The van der Waals surface area contributed by atoms with Gasteiger partial charge in [-0.25, -0.2) is 0 Å². The Morgan fingerprint density at radius 3 is 2.30 bits per heavy atom. The van der Waals surface area contributed by atoms with Gasteiger partial charge in [-0.1, -0.05) is 60.7 Å². The smallest absolute Gasteiger partial charge is 0.272 e. The van der Waals surface area contributed by atoms with E-state index in [0.29, 0.717) is 11.7 Å². The number of piperidine rings is 1. The van der Waals surface area contributed by atoms with Crippen LogP contribution in [0.5, 0.6) is 0 Å². The Bertz CT molecular complexity index is 830. The van der Waals surface area contributed by atoms with Crippen LogP contribution in [0, 0.1) is 0 Å². The summed E-state index contributed by atoms with van der Waals surface area (Å²) in [5.74, 6) is -0.157. The van der Waals surface area contributed by atoms with Crippen molar-refractivity contribution < 1.29 is 4.79 Å². The predicted molar refractivity (Wildman–Crippen MR) is 106 cm³/mol. The Kier molecular flexibility index (Phi) is 5.30. The van der Waals surface area contributed by atoms with E-state index in [1.54, 1.807) is 6.07 Å². The van der Waals surface area contributed by atoms with Crippen LogP contribution < -0.4 is 10.6 Å². The summed E-state index contributed by atoms with van der Waals surface area (Å²) in [7, 11) is 0. The van der Waals surface area contributed by atoms with E-state index >= 15 is 0 Å². The number of hydrogen-bond acceptors (Lipinski definition) is 3. The molecule has 2 aromatic carbocycles. The van der Waals surface area contributed by atoms with Crippen molar-refractivity contribution in [2.75, 3.05) is 13.1 Å². The molecule has 1 saturated heterocycles. The molecular weight excluding hydrogens is 336 g/mol. The summed E-state index contributed by atoms with van der Waals surface area (Å²) < 4.78 is 1.92. The summed E-state index contributed by atoms with van der Waals surface area (Å²) in [6, 6.07) is 22.0. The molecule has 138 valence electrons. The van der Waals surface area contributed by atoms with Crippen LogP contribution in [0.3, 0.4) is 0 Å². The number of carbonyl (C=O) groups is 1. The summed E-state index contributed by atoms with van der Waals surface area (Å²) in [6.07, 6.45) is 4.13. The van der Waals surface area contributed by atoms with Gasteiger partial charge in [0.2, 0.25) is 0 Å². The van der Waals surface area contributed by atoms with Gasteiger partial charge in [0, 0.05) is 12.7 Å². The Hall–Kier alpha value is -2.92. The van der Waals surface area contributed by atoms with Crippen molar-refractivity contribution in [2.45, 2.75) is 24.9 Å². The number of nitrogens with one attached hydrogen (secondary N) is 2. The van der Waals surface area contributed by atoms with E-state index in [1.165, 1.54) is 0 Å². The summed E-state index contributed by atoms with van der Waals surface area (Å²) in [5, 5.41) is 11.1. The fourth-order valence-corrected chi connectivity index (χ4v) is 3.58. The molecule has 1 aliphatic rings. The van der Waals surface area contributed by atoms with Gasteiger partial charge in [-0.3, -0.25) is 9.48 Å². The zero-order chi connectivity index (χ0) is 18.5. The van der Waals surface area contributed by atoms with E-state index < -0.39 is 0 Å². The highest BCUT2D eigenvalue weighted by atomic mass is 16.2. The molecule has 1 aromatic heterocycles. The van der Waals surface area contributed by atoms with Crippen molar-refractivity contribution in [1.82, 2.24) is 20.4 Å². The molecule has 4 rings (SSSR count). The van der Waals surface area contributed by atoms with E-state index in [9.17, 15) is 4.79 Å². The molecule has 1 amide bonds. The Morgan fingerprint density at radius 2 is 1.70 bits per heavy atom. The number of amides is 1. The predicted octanol–water partition coefficient (Wildman–Crippen LogP) is 3.33. The number of hydrogen-bond donors (Lipinski definition) is 2. The number of rotatable bonds is 5. The maximum atomic E-state index is 12.9. The monoisotopic (exact) mass is 360 g/mol. The van der Waals surface area contributed by atoms with Crippen molar-refractivity contribution in [3.05, 3.63) is 89.7 Å². The minimum atomic E-state index is -0.207. The van der Waals surface area contributed by atoms with Crippen molar-refractivity contribution in [3.63, 3.8) is 0 Å². The molecule has 0 radical (unpaired) electrons. The molecular formula is C22H24N4O. The first kappa shape index (κ1) is 17.5. The Balaban J connectivity index is 1.54. The van der Waals surface area contributed by atoms with Gasteiger partial charge < -0.3 is 10.6 Å². The third-order valence-corrected chi connectivity index (χ3v) is 5.03. The van der Waals surface area contributed by atoms with Crippen LogP contribution in [0.25, 0.3) is 0 Å². The average molecular weight is 360 g/mol. The van der Waals surface area contributed by atoms with Gasteiger partial charge in [0.15, 0.2) is 0 Å². The lowest BCUT2D eigenvalue weighted by atomic mass is 9.98. The molecule has 5 nitrogen and oxygen atoms in total. The summed E-state index contributed by atoms with van der Waals surface area (Å²) in [6.45, 7) is 1.96. The third-order valence-electron chi connectivity index (χ3n) is 5.03. The zero-order valence-corrected chi connectivity index (χ0v) is 15.2. The second-order valence-electron chi connectivity index (χ2n) is 6.91. The molecule has 5 heteroatoms. The van der Waals surface area contributed by atoms with E-state index in [2.05, 4.69) is 15.7 Å². The third kappa shape index (κ3) is 4.09. The van der Waals surface area contributed by atoms with Gasteiger partial charge in [0.1, 0.15) is 5.69 Å². The Morgan fingerprint density at radius 1 is 1.04 bits per heavy atom. The van der Waals surface area contributed by atoms with E-state index in [-0.39, 0.29) is 11.9 Å². The van der Waals surface area contributed by atoms with Crippen molar-refractivity contribution in [3.8, 4) is 0 Å². The van der Waals surface area contributed by atoms with E-state index in [4.69, 9.17) is 0 Å². The lowest BCUT2D eigenvalue weighted by Crippen LogP contribution is -2.32. The zero-order valence-electron chi connectivity index (χ0n) is 15.2. The van der Waals surface area contributed by atoms with Gasteiger partial charge in [-0.15, -0.1) is 0 Å². The first-order valence-electron chi connectivity index (χ1n) is 9.48. The summed E-state index contributed by atoms with van der Waals surface area (Å²) >= 11 is 0. The summed E-state index contributed by atoms with van der Waals surface area (Å²) in [4.78, 5) is 12.9. The van der Waals surface area contributed by atoms with Crippen LogP contribution in [0.2, 0.25) is 0 Å². The fourth-order valence-electron chi connectivity index (χ4n) is 3.58. The maximum Gasteiger partial charge on any atom is 0.272 e. The first-order valence-corrected chi connectivity index (χ1v) is 9.48. The lowest BCUT2D eigenvalue weighted by Gasteiger charge is -2.23. The van der Waals surface area contributed by atoms with Gasteiger partial charge in [0.05, 0.1) is 12.1 Å². The number of carbonyl (C=O) groups excluding carboxylic acids is 1. The molecule has 1 unspecified atom stereocenters. The molecule has 0 bridgehead atoms. The van der Waals surface area contributed by atoms with Gasteiger partial charge in [-0.05, 0) is 36.6 Å². The summed E-state index contributed by atoms with van der Waals surface area (Å²) in [5.41, 5.74) is 2.55. The SMILES string of the molecule is O=C(NC(c1ccccc1)c1ccccc1)c1ccn(C2CCCNC2)n1. The topological polar surface area (TPSA) is 59.0 Å². The average Bonchev–Trinajstić information content (AvgIpc) is 3.24. The largest absolute Gasteiger partial charge is 0.340 e. The number of aromatic nitrogens is 2. The highest BCUT2D eigenvalue weighted by molar-refractivity contribution is 5.92. The Labute approximate surface area is 159 Å².